The van der Waals surface area contributed by atoms with E-state index < -0.39 is 5.97 Å². The molecule has 3 nitrogen and oxygen atoms in total. The molecule has 0 saturated heterocycles. The zero-order chi connectivity index (χ0) is 8.85. The first-order valence-electron chi connectivity index (χ1n) is 3.07. The quantitative estimate of drug-likeness (QED) is 0.377. The third kappa shape index (κ3) is 2.67. The summed E-state index contributed by atoms with van der Waals surface area (Å²) < 4.78 is 0. The van der Waals surface area contributed by atoms with E-state index in [1.165, 1.54) is 0 Å². The van der Waals surface area contributed by atoms with Crippen molar-refractivity contribution in [1.29, 1.82) is 5.26 Å². The summed E-state index contributed by atoms with van der Waals surface area (Å²) in [4.78, 5) is 10.3. The lowest BCUT2D eigenvalue weighted by atomic mass is 10.1. The topological polar surface area (TPSA) is 61.1 Å². The maximum Gasteiger partial charge on any atom is 0.346 e. The van der Waals surface area contributed by atoms with Crippen molar-refractivity contribution in [2.24, 2.45) is 0 Å². The summed E-state index contributed by atoms with van der Waals surface area (Å²) in [6.07, 6.45) is 2.00. The van der Waals surface area contributed by atoms with Crippen molar-refractivity contribution >= 4 is 5.97 Å². The van der Waals surface area contributed by atoms with Crippen molar-refractivity contribution in [2.45, 2.75) is 13.3 Å². The molecule has 0 heterocycles. The van der Waals surface area contributed by atoms with Crippen LogP contribution in [0.4, 0.5) is 0 Å². The smallest absolute Gasteiger partial charge is 0.346 e. The van der Waals surface area contributed by atoms with E-state index in [2.05, 4.69) is 6.58 Å². The van der Waals surface area contributed by atoms with Gasteiger partial charge in [0.15, 0.2) is 0 Å². The van der Waals surface area contributed by atoms with Gasteiger partial charge in [0.25, 0.3) is 0 Å². The van der Waals surface area contributed by atoms with Gasteiger partial charge in [-0.05, 0) is 18.9 Å². The Balaban J connectivity index is 4.71. The lowest BCUT2D eigenvalue weighted by molar-refractivity contribution is -0.132. The summed E-state index contributed by atoms with van der Waals surface area (Å²) >= 11 is 0. The van der Waals surface area contributed by atoms with Gasteiger partial charge in [0, 0.05) is 0 Å². The highest BCUT2D eigenvalue weighted by Crippen LogP contribution is 2.07. The molecule has 0 fully saturated rings. The van der Waals surface area contributed by atoms with E-state index >= 15 is 0 Å². The Morgan fingerprint density at radius 2 is 2.36 bits per heavy atom. The van der Waals surface area contributed by atoms with Crippen molar-refractivity contribution in [3.05, 3.63) is 23.8 Å². The number of carboxylic acids is 1. The normalized spacial score (nSPS) is 11.3. The number of carboxylic acid groups (broad SMARTS) is 1. The zero-order valence-corrected chi connectivity index (χ0v) is 6.29. The first-order chi connectivity index (χ1) is 5.13. The molecule has 0 unspecified atom stereocenters. The van der Waals surface area contributed by atoms with Crippen LogP contribution in [0, 0.1) is 11.3 Å². The molecule has 0 radical (unpaired) electrons. The van der Waals surface area contributed by atoms with Gasteiger partial charge in [-0.3, -0.25) is 0 Å². The van der Waals surface area contributed by atoms with Crippen molar-refractivity contribution in [3.63, 3.8) is 0 Å². The summed E-state index contributed by atoms with van der Waals surface area (Å²) in [6.45, 7) is 5.05. The Bertz CT molecular complexity index is 245. The number of carbonyl (C=O) groups is 1. The van der Waals surface area contributed by atoms with Crippen LogP contribution in [0.5, 0.6) is 0 Å². The van der Waals surface area contributed by atoms with Gasteiger partial charge in [-0.15, -0.1) is 6.58 Å². The summed E-state index contributed by atoms with van der Waals surface area (Å²) in [5.41, 5.74) is 0.347. The van der Waals surface area contributed by atoms with Gasteiger partial charge in [-0.25, -0.2) is 4.79 Å². The molecule has 0 aromatic heterocycles. The van der Waals surface area contributed by atoms with E-state index in [9.17, 15) is 4.79 Å². The highest BCUT2D eigenvalue weighted by atomic mass is 16.4. The van der Waals surface area contributed by atoms with Crippen LogP contribution >= 0.6 is 0 Å². The zero-order valence-electron chi connectivity index (χ0n) is 6.29. The van der Waals surface area contributed by atoms with E-state index in [0.717, 1.165) is 0 Å². The molecule has 0 aliphatic carbocycles. The third-order valence-electron chi connectivity index (χ3n) is 1.20. The maximum absolute atomic E-state index is 10.3. The molecule has 3 heteroatoms. The second kappa shape index (κ2) is 4.29. The van der Waals surface area contributed by atoms with E-state index in [1.807, 2.05) is 0 Å². The first kappa shape index (κ1) is 9.44. The number of nitrogens with zero attached hydrogens (tertiary/aromatic N) is 1. The van der Waals surface area contributed by atoms with Crippen molar-refractivity contribution in [2.75, 3.05) is 0 Å². The van der Waals surface area contributed by atoms with Gasteiger partial charge in [-0.1, -0.05) is 6.08 Å². The Labute approximate surface area is 65.3 Å². The average Bonchev–Trinajstić information content (AvgIpc) is 1.88. The monoisotopic (exact) mass is 151 g/mol. The standard InChI is InChI=1S/C8H9NO2/c1-3-4-6(2)7(5-9)8(10)11/h3H,1,4H2,2H3,(H,10,11). The summed E-state index contributed by atoms with van der Waals surface area (Å²) in [5, 5.41) is 16.8. The van der Waals surface area contributed by atoms with Gasteiger partial charge < -0.3 is 5.11 Å². The number of nitriles is 1. The van der Waals surface area contributed by atoms with Crippen molar-refractivity contribution in [1.82, 2.24) is 0 Å². The van der Waals surface area contributed by atoms with Crippen molar-refractivity contribution < 1.29 is 9.90 Å². The predicted octanol–water partition coefficient (Wildman–Crippen LogP) is 1.49. The number of hydrogen-bond acceptors (Lipinski definition) is 2. The largest absolute Gasteiger partial charge is 0.477 e. The van der Waals surface area contributed by atoms with E-state index in [0.29, 0.717) is 12.0 Å². The van der Waals surface area contributed by atoms with Crippen LogP contribution in [0.3, 0.4) is 0 Å². The van der Waals surface area contributed by atoms with Gasteiger partial charge in [0.1, 0.15) is 11.6 Å². The summed E-state index contributed by atoms with van der Waals surface area (Å²) in [7, 11) is 0. The van der Waals surface area contributed by atoms with Gasteiger partial charge in [0.2, 0.25) is 0 Å². The Morgan fingerprint density at radius 3 is 2.64 bits per heavy atom. The molecule has 0 atom stereocenters. The first-order valence-corrected chi connectivity index (χ1v) is 3.07. The maximum atomic E-state index is 10.3. The molecule has 0 amide bonds. The lowest BCUT2D eigenvalue weighted by Gasteiger charge is -1.95. The Kier molecular flexibility index (Phi) is 3.68. The minimum atomic E-state index is -1.17. The lowest BCUT2D eigenvalue weighted by Crippen LogP contribution is -2.00. The number of aliphatic carboxylic acids is 1. The van der Waals surface area contributed by atoms with Crippen LogP contribution in [0.15, 0.2) is 23.8 Å². The minimum Gasteiger partial charge on any atom is -0.477 e. The highest BCUT2D eigenvalue weighted by molar-refractivity contribution is 5.91. The second-order valence-corrected chi connectivity index (χ2v) is 2.07. The molecule has 58 valence electrons. The molecule has 0 rings (SSSR count). The second-order valence-electron chi connectivity index (χ2n) is 2.07. The molecule has 1 N–H and O–H groups in total. The number of hydrogen-bond donors (Lipinski definition) is 1. The van der Waals surface area contributed by atoms with Crippen molar-refractivity contribution in [3.8, 4) is 6.07 Å². The van der Waals surface area contributed by atoms with E-state index in [4.69, 9.17) is 10.4 Å². The fraction of sp³-hybridized carbons (Fsp3) is 0.250. The molecule has 0 saturated carbocycles. The highest BCUT2D eigenvalue weighted by Gasteiger charge is 2.08. The Morgan fingerprint density at radius 1 is 1.82 bits per heavy atom. The van der Waals surface area contributed by atoms with Gasteiger partial charge in [0.05, 0.1) is 0 Å². The molecule has 0 aliphatic heterocycles. The molecule has 0 aromatic rings. The van der Waals surface area contributed by atoms with Crippen LogP contribution in [-0.4, -0.2) is 11.1 Å². The van der Waals surface area contributed by atoms with Crippen LogP contribution in [-0.2, 0) is 4.79 Å². The van der Waals surface area contributed by atoms with Gasteiger partial charge >= 0.3 is 5.97 Å². The van der Waals surface area contributed by atoms with Crippen LogP contribution in [0.1, 0.15) is 13.3 Å². The average molecular weight is 151 g/mol. The fourth-order valence-electron chi connectivity index (χ4n) is 0.644. The molecule has 0 aliphatic rings. The number of allylic oxidation sites excluding steroid dienone is 2. The Hall–Kier alpha value is -1.56. The summed E-state index contributed by atoms with van der Waals surface area (Å²) in [6, 6.07) is 1.62. The molecule has 11 heavy (non-hydrogen) atoms. The summed E-state index contributed by atoms with van der Waals surface area (Å²) in [5.74, 6) is -1.17. The third-order valence-corrected chi connectivity index (χ3v) is 1.20. The molecular formula is C8H9NO2. The molecule has 0 spiro atoms. The number of rotatable bonds is 3. The van der Waals surface area contributed by atoms with E-state index in [-0.39, 0.29) is 5.57 Å². The predicted molar refractivity (Wildman–Crippen MR) is 40.8 cm³/mol. The fourth-order valence-corrected chi connectivity index (χ4v) is 0.644. The van der Waals surface area contributed by atoms with E-state index in [1.54, 1.807) is 19.1 Å². The van der Waals surface area contributed by atoms with Crippen LogP contribution in [0.2, 0.25) is 0 Å². The molecule has 0 aromatic carbocycles. The van der Waals surface area contributed by atoms with Crippen LogP contribution in [0.25, 0.3) is 0 Å². The minimum absolute atomic E-state index is 0.190. The van der Waals surface area contributed by atoms with Crippen LogP contribution < -0.4 is 0 Å². The molecule has 0 bridgehead atoms. The SMILES string of the molecule is C=CCC(C)=C(C#N)C(=O)O. The van der Waals surface area contributed by atoms with Gasteiger partial charge in [-0.2, -0.15) is 5.26 Å². The molecular weight excluding hydrogens is 142 g/mol.